The molecule has 1 heterocycles. The third-order valence-corrected chi connectivity index (χ3v) is 4.05. The van der Waals surface area contributed by atoms with Crippen LogP contribution in [0.4, 0.5) is 4.39 Å². The lowest BCUT2D eigenvalue weighted by atomic mass is 9.96. The van der Waals surface area contributed by atoms with Gasteiger partial charge in [0.25, 0.3) is 0 Å². The summed E-state index contributed by atoms with van der Waals surface area (Å²) in [6.45, 7) is 4.52. The summed E-state index contributed by atoms with van der Waals surface area (Å²) in [7, 11) is 1.94. The number of carbonyl (C=O) groups excluding carboxylic acids is 1. The molecule has 1 aliphatic rings. The van der Waals surface area contributed by atoms with Crippen molar-refractivity contribution in [3.05, 3.63) is 35.6 Å². The van der Waals surface area contributed by atoms with Crippen LogP contribution in [0.5, 0.6) is 0 Å². The molecule has 0 aromatic heterocycles. The van der Waals surface area contributed by atoms with E-state index in [2.05, 4.69) is 5.32 Å². The second-order valence-electron chi connectivity index (χ2n) is 5.68. The van der Waals surface area contributed by atoms with Gasteiger partial charge in [0.05, 0.1) is 0 Å². The van der Waals surface area contributed by atoms with Crippen LogP contribution in [0.25, 0.3) is 0 Å². The van der Waals surface area contributed by atoms with Gasteiger partial charge in [-0.2, -0.15) is 0 Å². The molecule has 0 radical (unpaired) electrons. The molecular weight excluding hydrogens is 255 g/mol. The highest BCUT2D eigenvalue weighted by Gasteiger charge is 2.27. The number of carbonyl (C=O) groups is 1. The van der Waals surface area contributed by atoms with Gasteiger partial charge in [-0.05, 0) is 43.5 Å². The van der Waals surface area contributed by atoms with Gasteiger partial charge in [-0.3, -0.25) is 4.79 Å². The van der Waals surface area contributed by atoms with Crippen LogP contribution in [0.1, 0.15) is 31.2 Å². The molecule has 0 spiro atoms. The predicted octanol–water partition coefficient (Wildman–Crippen LogP) is 2.39. The Morgan fingerprint density at radius 2 is 2.25 bits per heavy atom. The van der Waals surface area contributed by atoms with Crippen molar-refractivity contribution < 1.29 is 9.18 Å². The number of nitrogens with zero attached hydrogens (tertiary/aromatic N) is 1. The molecule has 1 aliphatic heterocycles. The Labute approximate surface area is 120 Å². The van der Waals surface area contributed by atoms with Crippen molar-refractivity contribution >= 4 is 5.91 Å². The molecule has 3 nitrogen and oxygen atoms in total. The number of nitrogens with one attached hydrogen (secondary N) is 1. The molecule has 110 valence electrons. The number of hydrogen-bond donors (Lipinski definition) is 1. The number of hydrogen-bond acceptors (Lipinski definition) is 2. The minimum atomic E-state index is -0.220. The fraction of sp³-hybridized carbons (Fsp3) is 0.562. The van der Waals surface area contributed by atoms with Crippen LogP contribution in [-0.2, 0) is 4.79 Å². The summed E-state index contributed by atoms with van der Waals surface area (Å²) < 4.78 is 13.7. The van der Waals surface area contributed by atoms with Gasteiger partial charge in [-0.25, -0.2) is 4.39 Å². The monoisotopic (exact) mass is 278 g/mol. The summed E-state index contributed by atoms with van der Waals surface area (Å²) in [4.78, 5) is 14.2. The summed E-state index contributed by atoms with van der Waals surface area (Å²) in [5.41, 5.74) is 0.631. The SMILES string of the molecule is CNC[C@H]1CCN(C(=O)C[C@@H](C)c2ccccc2F)C1. The van der Waals surface area contributed by atoms with Crippen molar-refractivity contribution in [2.45, 2.75) is 25.7 Å². The Kier molecular flexibility index (Phi) is 5.12. The third kappa shape index (κ3) is 3.57. The summed E-state index contributed by atoms with van der Waals surface area (Å²) >= 11 is 0. The van der Waals surface area contributed by atoms with E-state index in [1.54, 1.807) is 12.1 Å². The van der Waals surface area contributed by atoms with Gasteiger partial charge < -0.3 is 10.2 Å². The number of amides is 1. The van der Waals surface area contributed by atoms with Crippen LogP contribution in [0.3, 0.4) is 0 Å². The van der Waals surface area contributed by atoms with E-state index in [0.717, 1.165) is 26.1 Å². The molecule has 20 heavy (non-hydrogen) atoms. The van der Waals surface area contributed by atoms with Crippen molar-refractivity contribution in [2.24, 2.45) is 5.92 Å². The number of likely N-dealkylation sites (tertiary alicyclic amines) is 1. The van der Waals surface area contributed by atoms with Crippen LogP contribution < -0.4 is 5.32 Å². The molecule has 2 atom stereocenters. The van der Waals surface area contributed by atoms with E-state index in [1.165, 1.54) is 6.07 Å². The van der Waals surface area contributed by atoms with E-state index in [0.29, 0.717) is 17.9 Å². The van der Waals surface area contributed by atoms with Crippen LogP contribution in [0.2, 0.25) is 0 Å². The Morgan fingerprint density at radius 3 is 2.95 bits per heavy atom. The molecule has 1 N–H and O–H groups in total. The van der Waals surface area contributed by atoms with E-state index in [9.17, 15) is 9.18 Å². The minimum Gasteiger partial charge on any atom is -0.342 e. The lowest BCUT2D eigenvalue weighted by Gasteiger charge is -2.19. The molecule has 0 bridgehead atoms. The molecule has 1 amide bonds. The molecule has 0 saturated carbocycles. The average Bonchev–Trinajstić information content (AvgIpc) is 2.88. The third-order valence-electron chi connectivity index (χ3n) is 4.05. The summed E-state index contributed by atoms with van der Waals surface area (Å²) in [6.07, 6.45) is 1.44. The van der Waals surface area contributed by atoms with E-state index in [1.807, 2.05) is 24.9 Å². The predicted molar refractivity (Wildman–Crippen MR) is 78.0 cm³/mol. The topological polar surface area (TPSA) is 32.3 Å². The van der Waals surface area contributed by atoms with Crippen LogP contribution in [-0.4, -0.2) is 37.5 Å². The zero-order chi connectivity index (χ0) is 14.5. The van der Waals surface area contributed by atoms with Gasteiger partial charge in [0.1, 0.15) is 5.82 Å². The Bertz CT molecular complexity index is 464. The highest BCUT2D eigenvalue weighted by Crippen LogP contribution is 2.24. The van der Waals surface area contributed by atoms with Gasteiger partial charge in [0.2, 0.25) is 5.91 Å². The first-order chi connectivity index (χ1) is 9.61. The quantitative estimate of drug-likeness (QED) is 0.897. The first-order valence-corrected chi connectivity index (χ1v) is 7.28. The standard InChI is InChI=1S/C16H23FN2O/c1-12(14-5-3-4-6-15(14)17)9-16(20)19-8-7-13(11-19)10-18-2/h3-6,12-13,18H,7-11H2,1-2H3/t12-,13-/m1/s1. The minimum absolute atomic E-state index is 0.0768. The molecule has 0 unspecified atom stereocenters. The van der Waals surface area contributed by atoms with Gasteiger partial charge >= 0.3 is 0 Å². The van der Waals surface area contributed by atoms with Crippen molar-refractivity contribution in [2.75, 3.05) is 26.7 Å². The van der Waals surface area contributed by atoms with Crippen LogP contribution in [0, 0.1) is 11.7 Å². The first kappa shape index (κ1) is 15.0. The number of rotatable bonds is 5. The second kappa shape index (κ2) is 6.84. The lowest BCUT2D eigenvalue weighted by molar-refractivity contribution is -0.130. The summed E-state index contributed by atoms with van der Waals surface area (Å²) in [5.74, 6) is 0.390. The van der Waals surface area contributed by atoms with Crippen molar-refractivity contribution in [1.29, 1.82) is 0 Å². The van der Waals surface area contributed by atoms with Gasteiger partial charge in [-0.15, -0.1) is 0 Å². The Balaban J connectivity index is 1.90. The van der Waals surface area contributed by atoms with Crippen LogP contribution in [0.15, 0.2) is 24.3 Å². The maximum Gasteiger partial charge on any atom is 0.223 e. The molecule has 2 rings (SSSR count). The van der Waals surface area contributed by atoms with Crippen molar-refractivity contribution in [3.63, 3.8) is 0 Å². The second-order valence-corrected chi connectivity index (χ2v) is 5.68. The van der Waals surface area contributed by atoms with Gasteiger partial charge in [-0.1, -0.05) is 25.1 Å². The largest absolute Gasteiger partial charge is 0.342 e. The Morgan fingerprint density at radius 1 is 1.50 bits per heavy atom. The summed E-state index contributed by atoms with van der Waals surface area (Å²) in [5, 5.41) is 3.16. The number of halogens is 1. The highest BCUT2D eigenvalue weighted by molar-refractivity contribution is 5.77. The maximum absolute atomic E-state index is 13.7. The average molecular weight is 278 g/mol. The normalized spacial score (nSPS) is 20.1. The van der Waals surface area contributed by atoms with Crippen LogP contribution >= 0.6 is 0 Å². The van der Waals surface area contributed by atoms with Crippen molar-refractivity contribution in [1.82, 2.24) is 10.2 Å². The molecule has 1 aromatic rings. The molecular formula is C16H23FN2O. The zero-order valence-electron chi connectivity index (χ0n) is 12.2. The fourth-order valence-corrected chi connectivity index (χ4v) is 2.89. The van der Waals surface area contributed by atoms with E-state index in [-0.39, 0.29) is 17.6 Å². The fourth-order valence-electron chi connectivity index (χ4n) is 2.89. The molecule has 0 aliphatic carbocycles. The smallest absolute Gasteiger partial charge is 0.223 e. The first-order valence-electron chi connectivity index (χ1n) is 7.28. The molecule has 1 saturated heterocycles. The van der Waals surface area contributed by atoms with Gasteiger partial charge in [0.15, 0.2) is 0 Å². The van der Waals surface area contributed by atoms with Gasteiger partial charge in [0, 0.05) is 19.5 Å². The van der Waals surface area contributed by atoms with E-state index in [4.69, 9.17) is 0 Å². The Hall–Kier alpha value is -1.42. The lowest BCUT2D eigenvalue weighted by Crippen LogP contribution is -2.31. The molecule has 4 heteroatoms. The molecule has 1 fully saturated rings. The van der Waals surface area contributed by atoms with E-state index >= 15 is 0 Å². The maximum atomic E-state index is 13.7. The van der Waals surface area contributed by atoms with E-state index < -0.39 is 0 Å². The highest BCUT2D eigenvalue weighted by atomic mass is 19.1. The number of benzene rings is 1. The summed E-state index contributed by atoms with van der Waals surface area (Å²) in [6, 6.07) is 6.71. The molecule has 1 aromatic carbocycles. The van der Waals surface area contributed by atoms with Crippen molar-refractivity contribution in [3.8, 4) is 0 Å². The zero-order valence-corrected chi connectivity index (χ0v) is 12.2.